The Morgan fingerprint density at radius 2 is 2.00 bits per heavy atom. The van der Waals surface area contributed by atoms with Crippen molar-refractivity contribution in [2.45, 2.75) is 25.7 Å². The normalized spacial score (nSPS) is 15.6. The molecule has 0 bridgehead atoms. The van der Waals surface area contributed by atoms with Gasteiger partial charge in [0.05, 0.1) is 0 Å². The first kappa shape index (κ1) is 11.1. The number of rotatable bonds is 4. The Morgan fingerprint density at radius 3 is 2.50 bits per heavy atom. The molecule has 3 nitrogen and oxygen atoms in total. The summed E-state index contributed by atoms with van der Waals surface area (Å²) in [6.07, 6.45) is 4.15. The van der Waals surface area contributed by atoms with Crippen molar-refractivity contribution in [1.29, 1.82) is 0 Å². The summed E-state index contributed by atoms with van der Waals surface area (Å²) in [5.41, 5.74) is 7.57. The van der Waals surface area contributed by atoms with E-state index in [2.05, 4.69) is 5.32 Å². The summed E-state index contributed by atoms with van der Waals surface area (Å²) in [6.45, 7) is 0.660. The van der Waals surface area contributed by atoms with E-state index in [4.69, 9.17) is 5.73 Å². The highest BCUT2D eigenvalue weighted by atomic mass is 16.1. The summed E-state index contributed by atoms with van der Waals surface area (Å²) in [7, 11) is 0. The monoisotopic (exact) mass is 218 g/mol. The Hall–Kier alpha value is -1.35. The van der Waals surface area contributed by atoms with Gasteiger partial charge in [-0.05, 0) is 43.5 Å². The number of anilines is 1. The first-order valence-corrected chi connectivity index (χ1v) is 5.89. The minimum Gasteiger partial charge on any atom is -0.330 e. The molecule has 16 heavy (non-hydrogen) atoms. The third-order valence-electron chi connectivity index (χ3n) is 3.13. The van der Waals surface area contributed by atoms with Gasteiger partial charge in [-0.15, -0.1) is 0 Å². The van der Waals surface area contributed by atoms with E-state index in [0.29, 0.717) is 6.54 Å². The first-order chi connectivity index (χ1) is 7.79. The van der Waals surface area contributed by atoms with E-state index in [9.17, 15) is 4.79 Å². The lowest BCUT2D eigenvalue weighted by molar-refractivity contribution is -0.122. The molecule has 2 rings (SSSR count). The van der Waals surface area contributed by atoms with Crippen LogP contribution in [0.4, 0.5) is 5.69 Å². The third-order valence-corrected chi connectivity index (χ3v) is 3.13. The average Bonchev–Trinajstić information content (AvgIpc) is 2.18. The van der Waals surface area contributed by atoms with E-state index >= 15 is 0 Å². The van der Waals surface area contributed by atoms with Crippen molar-refractivity contribution in [3.63, 3.8) is 0 Å². The highest BCUT2D eigenvalue weighted by molar-refractivity contribution is 5.92. The van der Waals surface area contributed by atoms with E-state index in [1.54, 1.807) is 0 Å². The van der Waals surface area contributed by atoms with Crippen LogP contribution in [0.25, 0.3) is 0 Å². The Balaban J connectivity index is 1.91. The van der Waals surface area contributed by atoms with Gasteiger partial charge >= 0.3 is 0 Å². The van der Waals surface area contributed by atoms with Crippen molar-refractivity contribution in [1.82, 2.24) is 0 Å². The quantitative estimate of drug-likeness (QED) is 0.811. The standard InChI is InChI=1S/C13H18N2O/c14-9-8-10-4-6-12(7-5-10)15-13(16)11-2-1-3-11/h4-7,11H,1-3,8-9,14H2,(H,15,16). The third kappa shape index (κ3) is 2.61. The molecule has 3 N–H and O–H groups in total. The smallest absolute Gasteiger partial charge is 0.227 e. The minimum atomic E-state index is 0.165. The van der Waals surface area contributed by atoms with Crippen LogP contribution < -0.4 is 11.1 Å². The predicted octanol–water partition coefficient (Wildman–Crippen LogP) is 1.93. The summed E-state index contributed by atoms with van der Waals surface area (Å²) in [5.74, 6) is 0.404. The van der Waals surface area contributed by atoms with Crippen molar-refractivity contribution < 1.29 is 4.79 Å². The van der Waals surface area contributed by atoms with E-state index in [1.807, 2.05) is 24.3 Å². The van der Waals surface area contributed by atoms with E-state index in [0.717, 1.165) is 24.9 Å². The Morgan fingerprint density at radius 1 is 1.31 bits per heavy atom. The van der Waals surface area contributed by atoms with Crippen LogP contribution in [0, 0.1) is 5.92 Å². The molecule has 86 valence electrons. The molecule has 1 aliphatic carbocycles. The van der Waals surface area contributed by atoms with Crippen molar-refractivity contribution in [2.24, 2.45) is 11.7 Å². The number of amides is 1. The van der Waals surface area contributed by atoms with E-state index < -0.39 is 0 Å². The molecule has 1 saturated carbocycles. The molecule has 0 radical (unpaired) electrons. The van der Waals surface area contributed by atoms with Crippen molar-refractivity contribution in [3.05, 3.63) is 29.8 Å². The van der Waals surface area contributed by atoms with Gasteiger partial charge in [0, 0.05) is 11.6 Å². The lowest BCUT2D eigenvalue weighted by Gasteiger charge is -2.24. The predicted molar refractivity (Wildman–Crippen MR) is 65.2 cm³/mol. The van der Waals surface area contributed by atoms with Crippen molar-refractivity contribution in [2.75, 3.05) is 11.9 Å². The summed E-state index contributed by atoms with van der Waals surface area (Å²) in [6, 6.07) is 7.93. The zero-order valence-corrected chi connectivity index (χ0v) is 9.41. The molecule has 1 amide bonds. The molecular weight excluding hydrogens is 200 g/mol. The number of hydrogen-bond donors (Lipinski definition) is 2. The summed E-state index contributed by atoms with van der Waals surface area (Å²) in [5, 5.41) is 2.94. The largest absolute Gasteiger partial charge is 0.330 e. The first-order valence-electron chi connectivity index (χ1n) is 5.89. The lowest BCUT2D eigenvalue weighted by Crippen LogP contribution is -2.27. The molecule has 3 heteroatoms. The second-order valence-corrected chi connectivity index (χ2v) is 4.35. The maximum Gasteiger partial charge on any atom is 0.227 e. The summed E-state index contributed by atoms with van der Waals surface area (Å²) in [4.78, 5) is 11.7. The van der Waals surface area contributed by atoms with E-state index in [1.165, 1.54) is 12.0 Å². The molecule has 1 aliphatic rings. The van der Waals surface area contributed by atoms with Crippen LogP contribution >= 0.6 is 0 Å². The molecule has 0 heterocycles. The topological polar surface area (TPSA) is 55.1 Å². The van der Waals surface area contributed by atoms with Crippen LogP contribution in [0.3, 0.4) is 0 Å². The van der Waals surface area contributed by atoms with Crippen LogP contribution in [0.1, 0.15) is 24.8 Å². The lowest BCUT2D eigenvalue weighted by atomic mass is 9.85. The van der Waals surface area contributed by atoms with Crippen LogP contribution in [-0.4, -0.2) is 12.5 Å². The number of nitrogens with one attached hydrogen (secondary N) is 1. The zero-order chi connectivity index (χ0) is 11.4. The van der Waals surface area contributed by atoms with Crippen LogP contribution in [-0.2, 0) is 11.2 Å². The molecule has 0 atom stereocenters. The number of carbonyl (C=O) groups is 1. The van der Waals surface area contributed by atoms with Crippen LogP contribution in [0.5, 0.6) is 0 Å². The average molecular weight is 218 g/mol. The van der Waals surface area contributed by atoms with Crippen molar-refractivity contribution >= 4 is 11.6 Å². The van der Waals surface area contributed by atoms with Gasteiger partial charge in [-0.1, -0.05) is 18.6 Å². The van der Waals surface area contributed by atoms with Crippen LogP contribution in [0.15, 0.2) is 24.3 Å². The fraction of sp³-hybridized carbons (Fsp3) is 0.462. The van der Waals surface area contributed by atoms with Gasteiger partial charge in [0.1, 0.15) is 0 Å². The number of nitrogens with two attached hydrogens (primary N) is 1. The SMILES string of the molecule is NCCc1ccc(NC(=O)C2CCC2)cc1. The molecule has 0 unspecified atom stereocenters. The highest BCUT2D eigenvalue weighted by Gasteiger charge is 2.24. The fourth-order valence-electron chi connectivity index (χ4n) is 1.84. The Kier molecular flexibility index (Phi) is 3.57. The van der Waals surface area contributed by atoms with Gasteiger partial charge in [-0.25, -0.2) is 0 Å². The number of carbonyl (C=O) groups excluding carboxylic acids is 1. The molecule has 0 spiro atoms. The number of hydrogen-bond acceptors (Lipinski definition) is 2. The molecule has 0 aromatic heterocycles. The zero-order valence-electron chi connectivity index (χ0n) is 9.41. The number of benzene rings is 1. The Bertz CT molecular complexity index is 355. The van der Waals surface area contributed by atoms with Gasteiger partial charge < -0.3 is 11.1 Å². The van der Waals surface area contributed by atoms with Gasteiger partial charge in [-0.2, -0.15) is 0 Å². The molecule has 0 aliphatic heterocycles. The second-order valence-electron chi connectivity index (χ2n) is 4.35. The van der Waals surface area contributed by atoms with Gasteiger partial charge in [0.15, 0.2) is 0 Å². The maximum absolute atomic E-state index is 11.7. The molecule has 1 aromatic carbocycles. The molecule has 1 fully saturated rings. The minimum absolute atomic E-state index is 0.165. The summed E-state index contributed by atoms with van der Waals surface area (Å²) < 4.78 is 0. The summed E-state index contributed by atoms with van der Waals surface area (Å²) >= 11 is 0. The maximum atomic E-state index is 11.7. The van der Waals surface area contributed by atoms with Crippen LogP contribution in [0.2, 0.25) is 0 Å². The Labute approximate surface area is 96.0 Å². The second kappa shape index (κ2) is 5.12. The van der Waals surface area contributed by atoms with Crippen molar-refractivity contribution in [3.8, 4) is 0 Å². The van der Waals surface area contributed by atoms with Gasteiger partial charge in [-0.3, -0.25) is 4.79 Å². The fourth-order valence-corrected chi connectivity index (χ4v) is 1.84. The van der Waals surface area contributed by atoms with E-state index in [-0.39, 0.29) is 11.8 Å². The highest BCUT2D eigenvalue weighted by Crippen LogP contribution is 2.27. The van der Waals surface area contributed by atoms with Gasteiger partial charge in [0.2, 0.25) is 5.91 Å². The van der Waals surface area contributed by atoms with Gasteiger partial charge in [0.25, 0.3) is 0 Å². The molecule has 0 saturated heterocycles. The molecular formula is C13H18N2O. The molecule has 1 aromatic rings.